The SMILES string of the molecule is CCCCc1cccc(Br)c1CCCC.[SiH4]. The zero-order chi connectivity index (χ0) is 11.1. The third-order valence-electron chi connectivity index (χ3n) is 2.80. The Balaban J connectivity index is 0.00000225. The van der Waals surface area contributed by atoms with Crippen LogP contribution in [0.1, 0.15) is 50.7 Å². The van der Waals surface area contributed by atoms with E-state index in [-0.39, 0.29) is 11.0 Å². The topological polar surface area (TPSA) is 0 Å². The van der Waals surface area contributed by atoms with Crippen LogP contribution in [0.5, 0.6) is 0 Å². The highest BCUT2D eigenvalue weighted by molar-refractivity contribution is 9.10. The fourth-order valence-corrected chi connectivity index (χ4v) is 2.44. The first-order valence-electron chi connectivity index (χ1n) is 6.05. The van der Waals surface area contributed by atoms with Crippen LogP contribution < -0.4 is 0 Å². The van der Waals surface area contributed by atoms with Gasteiger partial charge in [-0.05, 0) is 53.8 Å². The van der Waals surface area contributed by atoms with Crippen molar-refractivity contribution in [3.63, 3.8) is 0 Å². The molecule has 0 saturated carbocycles. The molecule has 0 aliphatic rings. The van der Waals surface area contributed by atoms with Crippen molar-refractivity contribution in [2.45, 2.75) is 52.4 Å². The average Bonchev–Trinajstić information content (AvgIpc) is 2.25. The zero-order valence-corrected chi connectivity index (χ0v) is 11.4. The molecule has 92 valence electrons. The number of unbranched alkanes of at least 4 members (excludes halogenated alkanes) is 2. The van der Waals surface area contributed by atoms with E-state index in [0.717, 1.165) is 0 Å². The Morgan fingerprint density at radius 3 is 2.25 bits per heavy atom. The van der Waals surface area contributed by atoms with Gasteiger partial charge in [0.05, 0.1) is 0 Å². The van der Waals surface area contributed by atoms with Crippen LogP contribution >= 0.6 is 15.9 Å². The van der Waals surface area contributed by atoms with Gasteiger partial charge in [-0.15, -0.1) is 0 Å². The molecule has 0 nitrogen and oxygen atoms in total. The van der Waals surface area contributed by atoms with Gasteiger partial charge in [0, 0.05) is 4.47 Å². The van der Waals surface area contributed by atoms with Gasteiger partial charge in [0.1, 0.15) is 0 Å². The summed E-state index contributed by atoms with van der Waals surface area (Å²) in [6.45, 7) is 4.51. The van der Waals surface area contributed by atoms with Crippen molar-refractivity contribution in [3.05, 3.63) is 33.8 Å². The average molecular weight is 301 g/mol. The summed E-state index contributed by atoms with van der Waals surface area (Å²) in [5.41, 5.74) is 3.08. The third-order valence-corrected chi connectivity index (χ3v) is 3.54. The quantitative estimate of drug-likeness (QED) is 0.703. The number of halogens is 1. The molecule has 0 aromatic heterocycles. The molecule has 0 heterocycles. The van der Waals surface area contributed by atoms with Gasteiger partial charge in [-0.25, -0.2) is 0 Å². The highest BCUT2D eigenvalue weighted by Crippen LogP contribution is 2.24. The Morgan fingerprint density at radius 2 is 1.62 bits per heavy atom. The van der Waals surface area contributed by atoms with Crippen molar-refractivity contribution in [2.75, 3.05) is 0 Å². The molecule has 0 bridgehead atoms. The lowest BCUT2D eigenvalue weighted by Crippen LogP contribution is -1.96. The van der Waals surface area contributed by atoms with Gasteiger partial charge in [-0.3, -0.25) is 0 Å². The van der Waals surface area contributed by atoms with Gasteiger partial charge in [-0.1, -0.05) is 54.8 Å². The van der Waals surface area contributed by atoms with E-state index in [0.29, 0.717) is 0 Å². The molecule has 0 amide bonds. The number of hydrogen-bond acceptors (Lipinski definition) is 0. The van der Waals surface area contributed by atoms with Gasteiger partial charge < -0.3 is 0 Å². The first kappa shape index (κ1) is 15.9. The molecule has 0 fully saturated rings. The predicted octanol–water partition coefficient (Wildman–Crippen LogP) is 3.68. The molecule has 0 radical (unpaired) electrons. The lowest BCUT2D eigenvalue weighted by atomic mass is 9.98. The predicted molar refractivity (Wildman–Crippen MR) is 82.7 cm³/mol. The summed E-state index contributed by atoms with van der Waals surface area (Å²) in [5.74, 6) is 0. The molecule has 0 saturated heterocycles. The van der Waals surface area contributed by atoms with Crippen molar-refractivity contribution in [1.29, 1.82) is 0 Å². The smallest absolute Gasteiger partial charge is 0.0210 e. The molecule has 0 atom stereocenters. The Hall–Kier alpha value is -0.0831. The molecular weight excluding hydrogens is 276 g/mol. The second-order valence-corrected chi connectivity index (χ2v) is 4.94. The van der Waals surface area contributed by atoms with E-state index in [4.69, 9.17) is 0 Å². The minimum atomic E-state index is 0. The minimum Gasteiger partial charge on any atom is -0.0654 e. The van der Waals surface area contributed by atoms with E-state index < -0.39 is 0 Å². The monoisotopic (exact) mass is 300 g/mol. The summed E-state index contributed by atoms with van der Waals surface area (Å²) in [6, 6.07) is 6.61. The summed E-state index contributed by atoms with van der Waals surface area (Å²) >= 11 is 3.67. The molecule has 1 aromatic rings. The minimum absolute atomic E-state index is 0. The van der Waals surface area contributed by atoms with E-state index in [9.17, 15) is 0 Å². The maximum atomic E-state index is 3.67. The number of rotatable bonds is 6. The van der Waals surface area contributed by atoms with Crippen molar-refractivity contribution in [1.82, 2.24) is 0 Å². The summed E-state index contributed by atoms with van der Waals surface area (Å²) in [6.07, 6.45) is 7.59. The summed E-state index contributed by atoms with van der Waals surface area (Å²) in [7, 11) is 0. The van der Waals surface area contributed by atoms with Crippen LogP contribution in [0.4, 0.5) is 0 Å². The zero-order valence-electron chi connectivity index (χ0n) is 9.85. The normalized spacial score (nSPS) is 9.94. The number of aryl methyl sites for hydroxylation is 1. The fraction of sp³-hybridized carbons (Fsp3) is 0.571. The van der Waals surface area contributed by atoms with Crippen LogP contribution in [-0.2, 0) is 12.8 Å². The van der Waals surface area contributed by atoms with Crippen LogP contribution in [0.15, 0.2) is 22.7 Å². The Labute approximate surface area is 113 Å². The van der Waals surface area contributed by atoms with Crippen LogP contribution in [0, 0.1) is 0 Å². The van der Waals surface area contributed by atoms with E-state index in [1.54, 1.807) is 5.56 Å². The highest BCUT2D eigenvalue weighted by atomic mass is 79.9. The lowest BCUT2D eigenvalue weighted by molar-refractivity contribution is 0.756. The molecule has 1 rings (SSSR count). The maximum absolute atomic E-state index is 3.67. The van der Waals surface area contributed by atoms with Gasteiger partial charge in [0.15, 0.2) is 0 Å². The third kappa shape index (κ3) is 4.83. The van der Waals surface area contributed by atoms with E-state index in [1.807, 2.05) is 0 Å². The molecule has 16 heavy (non-hydrogen) atoms. The Morgan fingerprint density at radius 1 is 1.00 bits per heavy atom. The van der Waals surface area contributed by atoms with Crippen molar-refractivity contribution >= 4 is 26.9 Å². The molecule has 1 aromatic carbocycles. The Bertz CT molecular complexity index is 297. The van der Waals surface area contributed by atoms with E-state index in [2.05, 4.69) is 48.0 Å². The van der Waals surface area contributed by atoms with E-state index >= 15 is 0 Å². The molecule has 2 heteroatoms. The van der Waals surface area contributed by atoms with Gasteiger partial charge in [0.2, 0.25) is 0 Å². The van der Waals surface area contributed by atoms with Crippen LogP contribution in [-0.4, -0.2) is 11.0 Å². The number of hydrogen-bond donors (Lipinski definition) is 0. The van der Waals surface area contributed by atoms with Gasteiger partial charge in [0.25, 0.3) is 0 Å². The molecule has 0 aliphatic carbocycles. The van der Waals surface area contributed by atoms with Crippen LogP contribution in [0.25, 0.3) is 0 Å². The molecule has 0 spiro atoms. The van der Waals surface area contributed by atoms with E-state index in [1.165, 1.54) is 48.6 Å². The second kappa shape index (κ2) is 9.00. The molecule has 0 aliphatic heterocycles. The van der Waals surface area contributed by atoms with Gasteiger partial charge >= 0.3 is 0 Å². The first-order chi connectivity index (χ1) is 7.29. The summed E-state index contributed by atoms with van der Waals surface area (Å²) in [4.78, 5) is 0. The van der Waals surface area contributed by atoms with Crippen LogP contribution in [0.3, 0.4) is 0 Å². The molecule has 0 unspecified atom stereocenters. The summed E-state index contributed by atoms with van der Waals surface area (Å²) < 4.78 is 1.30. The van der Waals surface area contributed by atoms with Crippen molar-refractivity contribution in [2.24, 2.45) is 0 Å². The Kier molecular flexibility index (Phi) is 8.95. The second-order valence-electron chi connectivity index (χ2n) is 4.08. The first-order valence-corrected chi connectivity index (χ1v) is 6.85. The maximum Gasteiger partial charge on any atom is 0.0210 e. The van der Waals surface area contributed by atoms with Crippen LogP contribution in [0.2, 0.25) is 0 Å². The summed E-state index contributed by atoms with van der Waals surface area (Å²) in [5, 5.41) is 0. The largest absolute Gasteiger partial charge is 0.0654 e. The highest BCUT2D eigenvalue weighted by Gasteiger charge is 2.05. The lowest BCUT2D eigenvalue weighted by Gasteiger charge is -2.10. The van der Waals surface area contributed by atoms with Crippen molar-refractivity contribution < 1.29 is 0 Å². The molecular formula is C14H25BrSi. The fourth-order valence-electron chi connectivity index (χ4n) is 1.84. The number of benzene rings is 1. The standard InChI is InChI=1S/C14H21Br.H4Si/c1-3-5-8-12-9-7-11-14(15)13(12)10-6-4-2;/h7,9,11H,3-6,8,10H2,1-2H3;1H4. The molecule has 0 N–H and O–H groups in total. The van der Waals surface area contributed by atoms with Gasteiger partial charge in [-0.2, -0.15) is 0 Å². The van der Waals surface area contributed by atoms with Crippen molar-refractivity contribution in [3.8, 4) is 0 Å².